The van der Waals surface area contributed by atoms with Gasteiger partial charge in [0.15, 0.2) is 11.5 Å². The minimum absolute atomic E-state index is 0.0523. The second-order valence-corrected chi connectivity index (χ2v) is 8.24. The van der Waals surface area contributed by atoms with Crippen molar-refractivity contribution < 1.29 is 23.8 Å². The number of hydrogen-bond acceptors (Lipinski definition) is 6. The Morgan fingerprint density at radius 2 is 1.50 bits per heavy atom. The zero-order chi connectivity index (χ0) is 23.0. The summed E-state index contributed by atoms with van der Waals surface area (Å²) in [5.41, 5.74) is 3.06. The minimum Gasteiger partial charge on any atom is -0.493 e. The van der Waals surface area contributed by atoms with Crippen LogP contribution < -0.4 is 14.4 Å². The van der Waals surface area contributed by atoms with Crippen molar-refractivity contribution in [3.05, 3.63) is 59.3 Å². The number of rotatable bonds is 5. The first-order valence-electron chi connectivity index (χ1n) is 10.7. The number of ether oxygens (including phenoxy) is 3. The van der Waals surface area contributed by atoms with Crippen LogP contribution in [0.1, 0.15) is 25.0 Å². The summed E-state index contributed by atoms with van der Waals surface area (Å²) in [6.07, 6.45) is -0.105. The Kier molecular flexibility index (Phi) is 5.93. The molecule has 0 bridgehead atoms. The maximum Gasteiger partial charge on any atom is 0.282 e. The van der Waals surface area contributed by atoms with Crippen LogP contribution in [0, 0.1) is 6.92 Å². The fraction of sp³-hybridized carbons (Fsp3) is 0.360. The van der Waals surface area contributed by atoms with Gasteiger partial charge in [-0.2, -0.15) is 0 Å². The third kappa shape index (κ3) is 3.84. The normalized spacial score (nSPS) is 21.4. The molecule has 7 heteroatoms. The Hall–Kier alpha value is -3.32. The molecule has 2 aliphatic heterocycles. The number of carbonyl (C=O) groups excluding carboxylic acids is 2. The average molecular weight is 437 g/mol. The Morgan fingerprint density at radius 3 is 2.09 bits per heavy atom. The van der Waals surface area contributed by atoms with Crippen molar-refractivity contribution in [1.82, 2.24) is 4.90 Å². The standard InChI is InChI=1S/C25H28N2O5/c1-15-6-8-18(9-7-15)22-23(26-13-16(2)32-17(3)14-26)25(29)27(24(22)28)19-10-11-20(30-4)21(12-19)31-5/h6-12,16-17H,13-14H2,1-5H3. The van der Waals surface area contributed by atoms with Crippen molar-refractivity contribution in [1.29, 1.82) is 0 Å². The number of carbonyl (C=O) groups is 2. The molecule has 1 fully saturated rings. The van der Waals surface area contributed by atoms with Crippen LogP contribution in [0.25, 0.3) is 5.57 Å². The van der Waals surface area contributed by atoms with E-state index in [2.05, 4.69) is 0 Å². The third-order valence-corrected chi connectivity index (χ3v) is 5.76. The Balaban J connectivity index is 1.82. The van der Waals surface area contributed by atoms with E-state index < -0.39 is 0 Å². The molecule has 1 saturated heterocycles. The molecule has 2 aliphatic rings. The van der Waals surface area contributed by atoms with Gasteiger partial charge in [0, 0.05) is 19.2 Å². The molecule has 0 saturated carbocycles. The lowest BCUT2D eigenvalue weighted by Gasteiger charge is -2.37. The van der Waals surface area contributed by atoms with Crippen LogP contribution >= 0.6 is 0 Å². The molecular formula is C25H28N2O5. The van der Waals surface area contributed by atoms with E-state index in [1.807, 2.05) is 49.9 Å². The highest BCUT2D eigenvalue weighted by Crippen LogP contribution is 2.39. The molecule has 0 aliphatic carbocycles. The molecule has 32 heavy (non-hydrogen) atoms. The van der Waals surface area contributed by atoms with E-state index >= 15 is 0 Å². The second kappa shape index (κ2) is 8.67. The molecule has 4 rings (SSSR count). The number of hydrogen-bond donors (Lipinski definition) is 0. The lowest BCUT2D eigenvalue weighted by atomic mass is 10.0. The minimum atomic E-state index is -0.354. The number of imide groups is 1. The molecule has 2 atom stereocenters. The first kappa shape index (κ1) is 21.9. The topological polar surface area (TPSA) is 68.3 Å². The first-order valence-corrected chi connectivity index (χ1v) is 10.7. The van der Waals surface area contributed by atoms with Gasteiger partial charge in [0.1, 0.15) is 5.70 Å². The van der Waals surface area contributed by atoms with Gasteiger partial charge in [0.05, 0.1) is 37.7 Å². The van der Waals surface area contributed by atoms with Crippen LogP contribution in [0.4, 0.5) is 5.69 Å². The second-order valence-electron chi connectivity index (χ2n) is 8.24. The van der Waals surface area contributed by atoms with Gasteiger partial charge < -0.3 is 19.1 Å². The third-order valence-electron chi connectivity index (χ3n) is 5.76. The molecule has 0 spiro atoms. The molecule has 2 heterocycles. The summed E-state index contributed by atoms with van der Waals surface area (Å²) in [6, 6.07) is 12.7. The fourth-order valence-corrected chi connectivity index (χ4v) is 4.35. The number of anilines is 1. The molecule has 0 N–H and O–H groups in total. The van der Waals surface area contributed by atoms with E-state index in [1.165, 1.54) is 12.0 Å². The van der Waals surface area contributed by atoms with E-state index in [9.17, 15) is 9.59 Å². The van der Waals surface area contributed by atoms with E-state index in [0.29, 0.717) is 41.5 Å². The Bertz CT molecular complexity index is 1070. The van der Waals surface area contributed by atoms with Gasteiger partial charge in [-0.15, -0.1) is 0 Å². The number of morpholine rings is 1. The predicted molar refractivity (Wildman–Crippen MR) is 122 cm³/mol. The Labute approximate surface area is 188 Å². The van der Waals surface area contributed by atoms with Crippen LogP contribution in [0.3, 0.4) is 0 Å². The number of benzene rings is 2. The van der Waals surface area contributed by atoms with Crippen molar-refractivity contribution in [2.45, 2.75) is 33.0 Å². The van der Waals surface area contributed by atoms with Gasteiger partial charge in [-0.1, -0.05) is 29.8 Å². The highest BCUT2D eigenvalue weighted by atomic mass is 16.5. The van der Waals surface area contributed by atoms with E-state index in [4.69, 9.17) is 14.2 Å². The summed E-state index contributed by atoms with van der Waals surface area (Å²) in [7, 11) is 3.06. The lowest BCUT2D eigenvalue weighted by molar-refractivity contribution is -0.121. The van der Waals surface area contributed by atoms with Crippen molar-refractivity contribution >= 4 is 23.1 Å². The number of amides is 2. The van der Waals surface area contributed by atoms with Crippen LogP contribution in [-0.4, -0.2) is 56.2 Å². The average Bonchev–Trinajstić information content (AvgIpc) is 3.03. The summed E-state index contributed by atoms with van der Waals surface area (Å²) in [4.78, 5) is 30.6. The summed E-state index contributed by atoms with van der Waals surface area (Å²) >= 11 is 0. The SMILES string of the molecule is COc1ccc(N2C(=O)C(c3ccc(C)cc3)=C(N3CC(C)OC(C)C3)C2=O)cc1OC. The van der Waals surface area contributed by atoms with E-state index in [0.717, 1.165) is 11.1 Å². The fourth-order valence-electron chi connectivity index (χ4n) is 4.35. The van der Waals surface area contributed by atoms with Gasteiger partial charge in [-0.05, 0) is 38.5 Å². The van der Waals surface area contributed by atoms with E-state index in [-0.39, 0.29) is 24.0 Å². The van der Waals surface area contributed by atoms with Crippen LogP contribution in [-0.2, 0) is 14.3 Å². The zero-order valence-electron chi connectivity index (χ0n) is 19.0. The lowest BCUT2D eigenvalue weighted by Crippen LogP contribution is -2.47. The molecule has 2 amide bonds. The van der Waals surface area contributed by atoms with Crippen LogP contribution in [0.2, 0.25) is 0 Å². The maximum atomic E-state index is 13.7. The zero-order valence-corrected chi connectivity index (χ0v) is 19.0. The van der Waals surface area contributed by atoms with Crippen molar-refractivity contribution in [3.8, 4) is 11.5 Å². The number of aryl methyl sites for hydroxylation is 1. The van der Waals surface area contributed by atoms with Crippen molar-refractivity contribution in [2.24, 2.45) is 0 Å². The smallest absolute Gasteiger partial charge is 0.282 e. The van der Waals surface area contributed by atoms with Gasteiger partial charge in [0.25, 0.3) is 11.8 Å². The molecule has 2 aromatic carbocycles. The number of methoxy groups -OCH3 is 2. The highest BCUT2D eigenvalue weighted by molar-refractivity contribution is 6.45. The van der Waals surface area contributed by atoms with Crippen LogP contribution in [0.5, 0.6) is 11.5 Å². The molecule has 0 radical (unpaired) electrons. The van der Waals surface area contributed by atoms with E-state index in [1.54, 1.807) is 25.3 Å². The van der Waals surface area contributed by atoms with Crippen LogP contribution in [0.15, 0.2) is 48.2 Å². The molecular weight excluding hydrogens is 408 g/mol. The number of nitrogens with zero attached hydrogens (tertiary/aromatic N) is 2. The van der Waals surface area contributed by atoms with Gasteiger partial charge in [-0.3, -0.25) is 9.59 Å². The maximum absolute atomic E-state index is 13.7. The van der Waals surface area contributed by atoms with Crippen molar-refractivity contribution in [2.75, 3.05) is 32.2 Å². The summed E-state index contributed by atoms with van der Waals surface area (Å²) in [5.74, 6) is 0.273. The molecule has 0 aromatic heterocycles. The Morgan fingerprint density at radius 1 is 0.875 bits per heavy atom. The molecule has 168 valence electrons. The van der Waals surface area contributed by atoms with Gasteiger partial charge >= 0.3 is 0 Å². The summed E-state index contributed by atoms with van der Waals surface area (Å²) in [5, 5.41) is 0. The quantitative estimate of drug-likeness (QED) is 0.670. The summed E-state index contributed by atoms with van der Waals surface area (Å²) < 4.78 is 16.5. The first-order chi connectivity index (χ1) is 15.3. The largest absolute Gasteiger partial charge is 0.493 e. The molecule has 2 aromatic rings. The predicted octanol–water partition coefficient (Wildman–Crippen LogP) is 3.41. The van der Waals surface area contributed by atoms with Gasteiger partial charge in [0.2, 0.25) is 0 Å². The highest BCUT2D eigenvalue weighted by Gasteiger charge is 2.44. The molecule has 7 nitrogen and oxygen atoms in total. The monoisotopic (exact) mass is 436 g/mol. The van der Waals surface area contributed by atoms with Gasteiger partial charge in [-0.25, -0.2) is 4.90 Å². The van der Waals surface area contributed by atoms with Crippen molar-refractivity contribution in [3.63, 3.8) is 0 Å². The summed E-state index contributed by atoms with van der Waals surface area (Å²) in [6.45, 7) is 7.01. The molecule has 2 unspecified atom stereocenters.